The van der Waals surface area contributed by atoms with Gasteiger partial charge in [0, 0.05) is 37.6 Å². The Morgan fingerprint density at radius 1 is 1.42 bits per heavy atom. The van der Waals surface area contributed by atoms with Crippen LogP contribution >= 0.6 is 0 Å². The molecule has 1 N–H and O–H groups in total. The van der Waals surface area contributed by atoms with Crippen molar-refractivity contribution < 1.29 is 9.59 Å². The fraction of sp³-hybridized carbons (Fsp3) is 0.412. The van der Waals surface area contributed by atoms with E-state index in [1.54, 1.807) is 30.3 Å². The fourth-order valence-electron chi connectivity index (χ4n) is 3.50. The zero-order valence-electron chi connectivity index (χ0n) is 13.5. The molecule has 1 aromatic rings. The maximum Gasteiger partial charge on any atom is 0.250 e. The van der Waals surface area contributed by atoms with Crippen molar-refractivity contribution in [3.8, 4) is 0 Å². The number of aryl methyl sites for hydroxylation is 1. The molecule has 0 unspecified atom stereocenters. The lowest BCUT2D eigenvalue weighted by Crippen LogP contribution is -2.61. The number of aliphatic imine (C=N–C) groups is 1. The van der Waals surface area contributed by atoms with Gasteiger partial charge in [0.25, 0.3) is 5.91 Å². The van der Waals surface area contributed by atoms with Crippen molar-refractivity contribution in [1.29, 1.82) is 0 Å². The van der Waals surface area contributed by atoms with Crippen molar-refractivity contribution >= 4 is 17.6 Å². The number of allylic oxidation sites excluding steroid dienone is 2. The second kappa shape index (κ2) is 5.43. The van der Waals surface area contributed by atoms with Crippen molar-refractivity contribution in [3.63, 3.8) is 0 Å². The van der Waals surface area contributed by atoms with E-state index in [2.05, 4.69) is 19.9 Å². The summed E-state index contributed by atoms with van der Waals surface area (Å²) in [6, 6.07) is 0.0396. The Balaban J connectivity index is 1.53. The number of amidine groups is 1. The summed E-state index contributed by atoms with van der Waals surface area (Å²) in [5.41, 5.74) is -0.954. The summed E-state index contributed by atoms with van der Waals surface area (Å²) in [6.07, 6.45) is 12.7. The summed E-state index contributed by atoms with van der Waals surface area (Å²) in [5.74, 6) is 1.17. The topological polar surface area (TPSA) is 79.6 Å². The van der Waals surface area contributed by atoms with E-state index in [4.69, 9.17) is 0 Å². The van der Waals surface area contributed by atoms with Gasteiger partial charge < -0.3 is 14.8 Å². The van der Waals surface area contributed by atoms with Gasteiger partial charge in [0.2, 0.25) is 5.91 Å². The van der Waals surface area contributed by atoms with E-state index in [9.17, 15) is 9.59 Å². The molecule has 0 bridgehead atoms. The SMILES string of the molecule is C[C@]1(C(=O)N[C@H]2CCc3nccn3C2)CC(=O)N=C2C=CC=CN21. The quantitative estimate of drug-likeness (QED) is 0.872. The summed E-state index contributed by atoms with van der Waals surface area (Å²) in [7, 11) is 0. The minimum Gasteiger partial charge on any atom is -0.350 e. The van der Waals surface area contributed by atoms with E-state index in [1.807, 2.05) is 18.3 Å². The van der Waals surface area contributed by atoms with Gasteiger partial charge in [0.15, 0.2) is 0 Å². The number of nitrogens with zero attached hydrogens (tertiary/aromatic N) is 4. The Morgan fingerprint density at radius 2 is 2.29 bits per heavy atom. The first-order chi connectivity index (χ1) is 11.6. The van der Waals surface area contributed by atoms with Crippen LogP contribution in [0.15, 0.2) is 41.8 Å². The molecule has 0 saturated carbocycles. The van der Waals surface area contributed by atoms with Crippen LogP contribution in [0.1, 0.15) is 25.6 Å². The number of fused-ring (bicyclic) bond motifs is 2. The summed E-state index contributed by atoms with van der Waals surface area (Å²) in [4.78, 5) is 35.1. The monoisotopic (exact) mass is 325 g/mol. The molecule has 3 aliphatic heterocycles. The highest BCUT2D eigenvalue weighted by Gasteiger charge is 2.45. The largest absolute Gasteiger partial charge is 0.350 e. The Morgan fingerprint density at radius 3 is 3.17 bits per heavy atom. The van der Waals surface area contributed by atoms with E-state index < -0.39 is 5.54 Å². The van der Waals surface area contributed by atoms with Crippen LogP contribution in [-0.2, 0) is 22.6 Å². The van der Waals surface area contributed by atoms with Crippen LogP contribution < -0.4 is 5.32 Å². The lowest BCUT2D eigenvalue weighted by atomic mass is 9.90. The molecular weight excluding hydrogens is 306 g/mol. The maximum absolute atomic E-state index is 13.0. The van der Waals surface area contributed by atoms with E-state index in [1.165, 1.54) is 0 Å². The van der Waals surface area contributed by atoms with Crippen molar-refractivity contribution in [2.75, 3.05) is 0 Å². The minimum absolute atomic E-state index is 0.0396. The van der Waals surface area contributed by atoms with Gasteiger partial charge in [0.1, 0.15) is 17.2 Å². The molecule has 24 heavy (non-hydrogen) atoms. The number of nitrogens with one attached hydrogen (secondary N) is 1. The fourth-order valence-corrected chi connectivity index (χ4v) is 3.50. The molecule has 2 amide bonds. The van der Waals surface area contributed by atoms with Gasteiger partial charge in [-0.05, 0) is 25.5 Å². The molecule has 0 spiro atoms. The van der Waals surface area contributed by atoms with Crippen molar-refractivity contribution in [2.24, 2.45) is 4.99 Å². The number of rotatable bonds is 2. The predicted octanol–water partition coefficient (Wildman–Crippen LogP) is 0.787. The van der Waals surface area contributed by atoms with Crippen LogP contribution in [0.3, 0.4) is 0 Å². The molecule has 3 aliphatic rings. The number of amides is 2. The van der Waals surface area contributed by atoms with Crippen LogP contribution in [0, 0.1) is 0 Å². The van der Waals surface area contributed by atoms with Crippen LogP contribution in [-0.4, -0.2) is 43.7 Å². The first-order valence-corrected chi connectivity index (χ1v) is 8.13. The van der Waals surface area contributed by atoms with Crippen molar-refractivity contribution in [2.45, 2.75) is 44.3 Å². The highest BCUT2D eigenvalue weighted by atomic mass is 16.2. The van der Waals surface area contributed by atoms with Gasteiger partial charge in [-0.3, -0.25) is 9.59 Å². The number of imidazole rings is 1. The summed E-state index contributed by atoms with van der Waals surface area (Å²) < 4.78 is 2.07. The molecule has 0 radical (unpaired) electrons. The van der Waals surface area contributed by atoms with Crippen molar-refractivity contribution in [1.82, 2.24) is 19.8 Å². The molecule has 2 atom stereocenters. The predicted molar refractivity (Wildman–Crippen MR) is 88.1 cm³/mol. The Labute approximate surface area is 139 Å². The lowest BCUT2D eigenvalue weighted by molar-refractivity contribution is -0.135. The number of hydrogen-bond donors (Lipinski definition) is 1. The third-order valence-electron chi connectivity index (χ3n) is 4.86. The average Bonchev–Trinajstić information content (AvgIpc) is 3.02. The van der Waals surface area contributed by atoms with Gasteiger partial charge in [-0.2, -0.15) is 4.99 Å². The van der Waals surface area contributed by atoms with Gasteiger partial charge >= 0.3 is 0 Å². The highest BCUT2D eigenvalue weighted by Crippen LogP contribution is 2.28. The first-order valence-electron chi connectivity index (χ1n) is 8.13. The van der Waals surface area contributed by atoms with Crippen molar-refractivity contribution in [3.05, 3.63) is 42.6 Å². The van der Waals surface area contributed by atoms with Crippen LogP contribution in [0.25, 0.3) is 0 Å². The highest BCUT2D eigenvalue weighted by molar-refractivity contribution is 6.09. The van der Waals surface area contributed by atoms with E-state index in [0.29, 0.717) is 12.4 Å². The third-order valence-corrected chi connectivity index (χ3v) is 4.86. The molecule has 0 fully saturated rings. The van der Waals surface area contributed by atoms with Gasteiger partial charge in [-0.1, -0.05) is 6.08 Å². The first kappa shape index (κ1) is 14.9. The van der Waals surface area contributed by atoms with Gasteiger partial charge in [-0.25, -0.2) is 4.98 Å². The molecule has 0 saturated heterocycles. The van der Waals surface area contributed by atoms with Crippen LogP contribution in [0.4, 0.5) is 0 Å². The Bertz CT molecular complexity index is 791. The van der Waals surface area contributed by atoms with Crippen LogP contribution in [0.5, 0.6) is 0 Å². The Hall–Kier alpha value is -2.70. The van der Waals surface area contributed by atoms with E-state index >= 15 is 0 Å². The standard InChI is InChI=1S/C17H19N5O2/c1-17(10-15(23)20-14-4-2-3-8-22(14)17)16(24)19-12-5-6-13-18-7-9-21(13)11-12/h2-4,7-9,12H,5-6,10-11H2,1H3,(H,19,24)/t12-,17+/m0/s1. The molecule has 0 aromatic carbocycles. The third kappa shape index (κ3) is 2.36. The van der Waals surface area contributed by atoms with Gasteiger partial charge in [-0.15, -0.1) is 0 Å². The zero-order chi connectivity index (χ0) is 16.7. The molecule has 1 aromatic heterocycles. The van der Waals surface area contributed by atoms with Gasteiger partial charge in [0.05, 0.1) is 6.42 Å². The summed E-state index contributed by atoms with van der Waals surface area (Å²) in [6.45, 7) is 2.51. The molecule has 4 rings (SSSR count). The summed E-state index contributed by atoms with van der Waals surface area (Å²) in [5, 5.41) is 3.12. The van der Waals surface area contributed by atoms with E-state index in [0.717, 1.165) is 18.7 Å². The number of aromatic nitrogens is 2. The summed E-state index contributed by atoms with van der Waals surface area (Å²) >= 11 is 0. The number of carbonyl (C=O) groups excluding carboxylic acids is 2. The molecule has 4 heterocycles. The van der Waals surface area contributed by atoms with E-state index in [-0.39, 0.29) is 24.3 Å². The second-order valence-corrected chi connectivity index (χ2v) is 6.59. The second-order valence-electron chi connectivity index (χ2n) is 6.59. The maximum atomic E-state index is 13.0. The zero-order valence-corrected chi connectivity index (χ0v) is 13.5. The molecule has 124 valence electrons. The molecule has 7 heteroatoms. The normalized spacial score (nSPS) is 28.2. The number of hydrogen-bond acceptors (Lipinski definition) is 4. The molecule has 0 aliphatic carbocycles. The molecule has 7 nitrogen and oxygen atoms in total. The average molecular weight is 325 g/mol. The number of carbonyl (C=O) groups is 2. The Kier molecular flexibility index (Phi) is 3.37. The lowest BCUT2D eigenvalue weighted by Gasteiger charge is -2.42. The molecular formula is C17H19N5O2. The smallest absolute Gasteiger partial charge is 0.250 e. The van der Waals surface area contributed by atoms with Crippen LogP contribution in [0.2, 0.25) is 0 Å². The minimum atomic E-state index is -0.954.